The zero-order valence-corrected chi connectivity index (χ0v) is 8.82. The van der Waals surface area contributed by atoms with Crippen LogP contribution < -0.4 is 0 Å². The van der Waals surface area contributed by atoms with Crippen LogP contribution in [0.5, 0.6) is 0 Å². The molecule has 0 aliphatic heterocycles. The SMILES string of the molecule is CCN(CC)CC(C)CBr. The van der Waals surface area contributed by atoms with Gasteiger partial charge in [-0.3, -0.25) is 0 Å². The van der Waals surface area contributed by atoms with Gasteiger partial charge in [-0.25, -0.2) is 0 Å². The fourth-order valence-corrected chi connectivity index (χ4v) is 1.18. The normalized spacial score (nSPS) is 14.1. The Bertz CT molecular complexity index is 71.7. The van der Waals surface area contributed by atoms with Crippen LogP contribution in [0.2, 0.25) is 0 Å². The summed E-state index contributed by atoms with van der Waals surface area (Å²) in [5.74, 6) is 0.778. The molecule has 0 aliphatic rings. The molecule has 0 radical (unpaired) electrons. The van der Waals surface area contributed by atoms with Crippen LogP contribution in [0.15, 0.2) is 0 Å². The van der Waals surface area contributed by atoms with E-state index in [0.717, 1.165) is 11.2 Å². The highest BCUT2D eigenvalue weighted by Crippen LogP contribution is 2.02. The van der Waals surface area contributed by atoms with E-state index in [1.807, 2.05) is 0 Å². The first-order chi connectivity index (χ1) is 4.74. The average molecular weight is 208 g/mol. The molecule has 0 rings (SSSR count). The minimum Gasteiger partial charge on any atom is -0.304 e. The van der Waals surface area contributed by atoms with Crippen LogP contribution in [0.1, 0.15) is 20.8 Å². The summed E-state index contributed by atoms with van der Waals surface area (Å²) in [7, 11) is 0. The Morgan fingerprint density at radius 2 is 1.80 bits per heavy atom. The quantitative estimate of drug-likeness (QED) is 0.627. The highest BCUT2D eigenvalue weighted by molar-refractivity contribution is 9.09. The van der Waals surface area contributed by atoms with Crippen molar-refractivity contribution < 1.29 is 0 Å². The Kier molecular flexibility index (Phi) is 6.44. The van der Waals surface area contributed by atoms with Gasteiger partial charge in [0.15, 0.2) is 0 Å². The van der Waals surface area contributed by atoms with Gasteiger partial charge in [0.2, 0.25) is 0 Å². The molecule has 62 valence electrons. The van der Waals surface area contributed by atoms with Gasteiger partial charge in [-0.15, -0.1) is 0 Å². The molecule has 2 heteroatoms. The molecule has 0 fully saturated rings. The molecular weight excluding hydrogens is 190 g/mol. The lowest BCUT2D eigenvalue weighted by molar-refractivity contribution is 0.272. The summed E-state index contributed by atoms with van der Waals surface area (Å²) in [4.78, 5) is 2.45. The first-order valence-electron chi connectivity index (χ1n) is 4.02. The molecule has 1 atom stereocenters. The summed E-state index contributed by atoms with van der Waals surface area (Å²) in [6.07, 6.45) is 0. The minimum atomic E-state index is 0.778. The molecular formula is C8H18BrN. The summed E-state index contributed by atoms with van der Waals surface area (Å²) in [6.45, 7) is 10.3. The first kappa shape index (κ1) is 10.4. The van der Waals surface area contributed by atoms with E-state index in [4.69, 9.17) is 0 Å². The fraction of sp³-hybridized carbons (Fsp3) is 1.00. The number of hydrogen-bond acceptors (Lipinski definition) is 1. The van der Waals surface area contributed by atoms with Crippen LogP contribution in [0.3, 0.4) is 0 Å². The van der Waals surface area contributed by atoms with Gasteiger partial charge in [-0.1, -0.05) is 36.7 Å². The zero-order valence-electron chi connectivity index (χ0n) is 7.23. The number of rotatable bonds is 5. The molecule has 0 aromatic heterocycles. The molecule has 0 aromatic carbocycles. The van der Waals surface area contributed by atoms with E-state index in [1.165, 1.54) is 19.6 Å². The maximum atomic E-state index is 3.47. The van der Waals surface area contributed by atoms with Gasteiger partial charge in [-0.05, 0) is 19.0 Å². The zero-order chi connectivity index (χ0) is 7.98. The standard InChI is InChI=1S/C8H18BrN/c1-4-10(5-2)7-8(3)6-9/h8H,4-7H2,1-3H3. The van der Waals surface area contributed by atoms with Crippen molar-refractivity contribution in [3.63, 3.8) is 0 Å². The van der Waals surface area contributed by atoms with Crippen molar-refractivity contribution in [2.24, 2.45) is 5.92 Å². The molecule has 0 amide bonds. The molecule has 0 saturated heterocycles. The molecule has 0 aromatic rings. The highest BCUT2D eigenvalue weighted by atomic mass is 79.9. The number of nitrogens with zero attached hydrogens (tertiary/aromatic N) is 1. The van der Waals surface area contributed by atoms with Gasteiger partial charge in [0.1, 0.15) is 0 Å². The van der Waals surface area contributed by atoms with Gasteiger partial charge >= 0.3 is 0 Å². The third kappa shape index (κ3) is 4.29. The average Bonchev–Trinajstić information content (AvgIpc) is 1.99. The van der Waals surface area contributed by atoms with Crippen LogP contribution in [-0.4, -0.2) is 29.9 Å². The van der Waals surface area contributed by atoms with Crippen molar-refractivity contribution in [1.29, 1.82) is 0 Å². The summed E-state index contributed by atoms with van der Waals surface area (Å²) >= 11 is 3.47. The summed E-state index contributed by atoms with van der Waals surface area (Å²) in [6, 6.07) is 0. The highest BCUT2D eigenvalue weighted by Gasteiger charge is 2.04. The van der Waals surface area contributed by atoms with Gasteiger partial charge in [0.05, 0.1) is 0 Å². The maximum Gasteiger partial charge on any atom is 0.00692 e. The first-order valence-corrected chi connectivity index (χ1v) is 5.15. The Hall–Kier alpha value is 0.440. The van der Waals surface area contributed by atoms with Crippen molar-refractivity contribution in [3.8, 4) is 0 Å². The lowest BCUT2D eigenvalue weighted by Crippen LogP contribution is -2.28. The molecule has 0 spiro atoms. The van der Waals surface area contributed by atoms with E-state index in [9.17, 15) is 0 Å². The fourth-order valence-electron chi connectivity index (χ4n) is 0.971. The van der Waals surface area contributed by atoms with E-state index in [-0.39, 0.29) is 0 Å². The topological polar surface area (TPSA) is 3.24 Å². The molecule has 10 heavy (non-hydrogen) atoms. The minimum absolute atomic E-state index is 0.778. The number of alkyl halides is 1. The van der Waals surface area contributed by atoms with E-state index in [0.29, 0.717) is 0 Å². The summed E-state index contributed by atoms with van der Waals surface area (Å²) < 4.78 is 0. The van der Waals surface area contributed by atoms with Crippen molar-refractivity contribution >= 4 is 15.9 Å². The lowest BCUT2D eigenvalue weighted by atomic mass is 10.2. The van der Waals surface area contributed by atoms with Crippen molar-refractivity contribution in [3.05, 3.63) is 0 Å². The second-order valence-corrected chi connectivity index (χ2v) is 3.39. The van der Waals surface area contributed by atoms with Crippen LogP contribution in [0.25, 0.3) is 0 Å². The van der Waals surface area contributed by atoms with E-state index >= 15 is 0 Å². The monoisotopic (exact) mass is 207 g/mol. The third-order valence-corrected chi connectivity index (χ3v) is 2.83. The molecule has 1 unspecified atom stereocenters. The van der Waals surface area contributed by atoms with Crippen LogP contribution in [0.4, 0.5) is 0 Å². The smallest absolute Gasteiger partial charge is 0.00692 e. The number of halogens is 1. The van der Waals surface area contributed by atoms with Gasteiger partial charge in [0.25, 0.3) is 0 Å². The largest absolute Gasteiger partial charge is 0.304 e. The molecule has 0 saturated carbocycles. The maximum absolute atomic E-state index is 3.47. The van der Waals surface area contributed by atoms with Gasteiger partial charge in [-0.2, -0.15) is 0 Å². The number of hydrogen-bond donors (Lipinski definition) is 0. The Morgan fingerprint density at radius 3 is 2.10 bits per heavy atom. The van der Waals surface area contributed by atoms with Gasteiger partial charge in [0, 0.05) is 11.9 Å². The van der Waals surface area contributed by atoms with Crippen molar-refractivity contribution in [2.75, 3.05) is 25.0 Å². The van der Waals surface area contributed by atoms with Gasteiger partial charge < -0.3 is 4.90 Å². The van der Waals surface area contributed by atoms with E-state index in [2.05, 4.69) is 41.6 Å². The van der Waals surface area contributed by atoms with Crippen LogP contribution in [0, 0.1) is 5.92 Å². The summed E-state index contributed by atoms with van der Waals surface area (Å²) in [5.41, 5.74) is 0. The Labute approximate surface area is 72.9 Å². The predicted molar refractivity (Wildman–Crippen MR) is 50.7 cm³/mol. The second kappa shape index (κ2) is 6.17. The molecule has 0 N–H and O–H groups in total. The molecule has 0 bridgehead atoms. The Balaban J connectivity index is 3.41. The van der Waals surface area contributed by atoms with Crippen LogP contribution >= 0.6 is 15.9 Å². The molecule has 0 heterocycles. The lowest BCUT2D eigenvalue weighted by Gasteiger charge is -2.20. The molecule has 1 nitrogen and oxygen atoms in total. The Morgan fingerprint density at radius 1 is 1.30 bits per heavy atom. The predicted octanol–water partition coefficient (Wildman–Crippen LogP) is 2.36. The summed E-state index contributed by atoms with van der Waals surface area (Å²) in [5, 5.41) is 1.11. The van der Waals surface area contributed by atoms with Crippen molar-refractivity contribution in [1.82, 2.24) is 4.90 Å². The second-order valence-electron chi connectivity index (χ2n) is 2.75. The van der Waals surface area contributed by atoms with Crippen molar-refractivity contribution in [2.45, 2.75) is 20.8 Å². The third-order valence-electron chi connectivity index (χ3n) is 1.73. The van der Waals surface area contributed by atoms with E-state index in [1.54, 1.807) is 0 Å². The van der Waals surface area contributed by atoms with E-state index < -0.39 is 0 Å². The van der Waals surface area contributed by atoms with Crippen LogP contribution in [-0.2, 0) is 0 Å². The molecule has 0 aliphatic carbocycles.